The van der Waals surface area contributed by atoms with E-state index in [4.69, 9.17) is 4.74 Å². The van der Waals surface area contributed by atoms with Crippen molar-refractivity contribution in [1.29, 1.82) is 0 Å². The van der Waals surface area contributed by atoms with Gasteiger partial charge in [-0.05, 0) is 32.1 Å². The predicted molar refractivity (Wildman–Crippen MR) is 116 cm³/mol. The van der Waals surface area contributed by atoms with Gasteiger partial charge in [-0.1, -0.05) is 12.8 Å². The molecule has 1 aliphatic carbocycles. The molecule has 7 heteroatoms. The number of nitrogens with zero attached hydrogens (tertiary/aromatic N) is 2. The van der Waals surface area contributed by atoms with Gasteiger partial charge in [0.1, 0.15) is 0 Å². The summed E-state index contributed by atoms with van der Waals surface area (Å²) in [6.07, 6.45) is 8.21. The second kappa shape index (κ2) is 11.0. The van der Waals surface area contributed by atoms with Crippen LogP contribution in [-0.4, -0.2) is 73.5 Å². The van der Waals surface area contributed by atoms with Crippen LogP contribution in [0.25, 0.3) is 0 Å². The molecule has 0 bridgehead atoms. The van der Waals surface area contributed by atoms with Crippen molar-refractivity contribution in [3.05, 3.63) is 0 Å². The maximum absolute atomic E-state index is 10.6. The quantitative estimate of drug-likeness (QED) is 0.308. The summed E-state index contributed by atoms with van der Waals surface area (Å²) in [6, 6.07) is 0.462. The second-order valence-corrected chi connectivity index (χ2v) is 8.07. The van der Waals surface area contributed by atoms with E-state index in [9.17, 15) is 5.11 Å². The molecule has 3 rings (SSSR count). The monoisotopic (exact) mass is 480 g/mol. The summed E-state index contributed by atoms with van der Waals surface area (Å²) in [6.45, 7) is 8.21. The van der Waals surface area contributed by atoms with Crippen molar-refractivity contribution in [2.45, 2.75) is 63.5 Å². The molecule has 1 atom stereocenters. The molecule has 1 unspecified atom stereocenters. The largest absolute Gasteiger partial charge is 0.388 e. The lowest BCUT2D eigenvalue weighted by molar-refractivity contribution is -0.0566. The fraction of sp³-hybridized carbons (Fsp3) is 0.947. The van der Waals surface area contributed by atoms with Gasteiger partial charge in [-0.3, -0.25) is 4.99 Å². The van der Waals surface area contributed by atoms with Gasteiger partial charge in [-0.2, -0.15) is 0 Å². The van der Waals surface area contributed by atoms with Crippen LogP contribution in [0.3, 0.4) is 0 Å². The molecule has 1 saturated carbocycles. The average molecular weight is 480 g/mol. The van der Waals surface area contributed by atoms with E-state index >= 15 is 0 Å². The molecule has 2 saturated heterocycles. The molecule has 0 amide bonds. The van der Waals surface area contributed by atoms with Crippen molar-refractivity contribution in [3.8, 4) is 0 Å². The number of rotatable bonds is 6. The first kappa shape index (κ1) is 22.2. The van der Waals surface area contributed by atoms with Crippen LogP contribution < -0.4 is 10.6 Å². The highest BCUT2D eigenvalue weighted by Crippen LogP contribution is 2.26. The fourth-order valence-corrected chi connectivity index (χ4v) is 4.32. The molecule has 2 heterocycles. The normalized spacial score (nSPS) is 27.3. The van der Waals surface area contributed by atoms with E-state index in [1.807, 2.05) is 0 Å². The molecular weight excluding hydrogens is 443 g/mol. The van der Waals surface area contributed by atoms with Gasteiger partial charge in [0.25, 0.3) is 0 Å². The first-order valence-corrected chi connectivity index (χ1v) is 10.2. The minimum absolute atomic E-state index is 0. The summed E-state index contributed by atoms with van der Waals surface area (Å²) in [5, 5.41) is 17.5. The average Bonchev–Trinajstić information content (AvgIpc) is 3.26. The van der Waals surface area contributed by atoms with E-state index in [1.54, 1.807) is 0 Å². The number of likely N-dealkylation sites (tertiary alicyclic amines) is 1. The minimum atomic E-state index is -0.704. The fourth-order valence-electron chi connectivity index (χ4n) is 4.32. The summed E-state index contributed by atoms with van der Waals surface area (Å²) in [5.41, 5.74) is -0.704. The standard InChI is InChI=1S/C19H36N4O2.HI/c1-2-20-18(21-15-19(24)8-11-25-12-9-19)22-17-7-10-23(14-17)13-16-5-3-4-6-16;/h16-17,24H,2-15H2,1H3,(H2,20,21,22);1H. The van der Waals surface area contributed by atoms with Gasteiger partial charge in [-0.15, -0.1) is 24.0 Å². The third-order valence-electron chi connectivity index (χ3n) is 5.90. The Morgan fingerprint density at radius 1 is 1.23 bits per heavy atom. The van der Waals surface area contributed by atoms with Crippen LogP contribution in [0.5, 0.6) is 0 Å². The Morgan fingerprint density at radius 3 is 2.65 bits per heavy atom. The number of aliphatic hydroxyl groups is 1. The van der Waals surface area contributed by atoms with Crippen LogP contribution in [-0.2, 0) is 4.74 Å². The maximum atomic E-state index is 10.6. The van der Waals surface area contributed by atoms with E-state index in [0.29, 0.717) is 38.6 Å². The van der Waals surface area contributed by atoms with E-state index in [0.717, 1.165) is 25.0 Å². The molecule has 26 heavy (non-hydrogen) atoms. The van der Waals surface area contributed by atoms with E-state index in [2.05, 4.69) is 27.4 Å². The Kier molecular flexibility index (Phi) is 9.40. The van der Waals surface area contributed by atoms with Crippen LogP contribution in [0.1, 0.15) is 51.9 Å². The molecule has 6 nitrogen and oxygen atoms in total. The van der Waals surface area contributed by atoms with Crippen LogP contribution in [0.15, 0.2) is 4.99 Å². The highest BCUT2D eigenvalue weighted by Gasteiger charge is 2.30. The van der Waals surface area contributed by atoms with Gasteiger partial charge in [0.2, 0.25) is 0 Å². The van der Waals surface area contributed by atoms with Crippen molar-refractivity contribution in [1.82, 2.24) is 15.5 Å². The number of nitrogens with one attached hydrogen (secondary N) is 2. The molecule has 3 N–H and O–H groups in total. The lowest BCUT2D eigenvalue weighted by Crippen LogP contribution is -2.46. The van der Waals surface area contributed by atoms with Crippen LogP contribution in [0.4, 0.5) is 0 Å². The van der Waals surface area contributed by atoms with Crippen molar-refractivity contribution in [2.75, 3.05) is 45.9 Å². The smallest absolute Gasteiger partial charge is 0.191 e. The number of ether oxygens (including phenoxy) is 1. The Morgan fingerprint density at radius 2 is 1.96 bits per heavy atom. The van der Waals surface area contributed by atoms with E-state index < -0.39 is 5.60 Å². The lowest BCUT2D eigenvalue weighted by atomic mass is 9.95. The number of guanidine groups is 1. The van der Waals surface area contributed by atoms with Crippen molar-refractivity contribution in [2.24, 2.45) is 10.9 Å². The Bertz CT molecular complexity index is 437. The topological polar surface area (TPSA) is 69.1 Å². The number of aliphatic imine (C=N–C) groups is 1. The van der Waals surface area contributed by atoms with Crippen molar-refractivity contribution < 1.29 is 9.84 Å². The summed E-state index contributed by atoms with van der Waals surface area (Å²) in [5.74, 6) is 1.76. The summed E-state index contributed by atoms with van der Waals surface area (Å²) < 4.78 is 5.35. The highest BCUT2D eigenvalue weighted by atomic mass is 127. The summed E-state index contributed by atoms with van der Waals surface area (Å²) >= 11 is 0. The third kappa shape index (κ3) is 6.80. The molecule has 0 spiro atoms. The first-order valence-electron chi connectivity index (χ1n) is 10.2. The van der Waals surface area contributed by atoms with Crippen molar-refractivity contribution >= 4 is 29.9 Å². The third-order valence-corrected chi connectivity index (χ3v) is 5.90. The Balaban J connectivity index is 0.00000243. The molecule has 0 aromatic heterocycles. The molecule has 3 aliphatic rings. The minimum Gasteiger partial charge on any atom is -0.388 e. The lowest BCUT2D eigenvalue weighted by Gasteiger charge is -2.30. The van der Waals surface area contributed by atoms with Gasteiger partial charge in [-0.25, -0.2) is 0 Å². The molecule has 0 aromatic carbocycles. The number of hydrogen-bond acceptors (Lipinski definition) is 4. The summed E-state index contributed by atoms with van der Waals surface area (Å²) in [4.78, 5) is 7.29. The number of hydrogen-bond donors (Lipinski definition) is 3. The van der Waals surface area contributed by atoms with Gasteiger partial charge < -0.3 is 25.4 Å². The van der Waals surface area contributed by atoms with Gasteiger partial charge in [0, 0.05) is 58.3 Å². The Labute approximate surface area is 175 Å². The van der Waals surface area contributed by atoms with Gasteiger partial charge in [0.05, 0.1) is 12.1 Å². The van der Waals surface area contributed by atoms with Crippen LogP contribution in [0, 0.1) is 5.92 Å². The van der Waals surface area contributed by atoms with Crippen LogP contribution in [0.2, 0.25) is 0 Å². The maximum Gasteiger partial charge on any atom is 0.191 e. The predicted octanol–water partition coefficient (Wildman–Crippen LogP) is 1.97. The first-order chi connectivity index (χ1) is 12.2. The highest BCUT2D eigenvalue weighted by molar-refractivity contribution is 14.0. The molecule has 152 valence electrons. The van der Waals surface area contributed by atoms with E-state index in [1.165, 1.54) is 45.2 Å². The summed E-state index contributed by atoms with van der Waals surface area (Å²) in [7, 11) is 0. The SMILES string of the molecule is CCNC(=NCC1(O)CCOCC1)NC1CCN(CC2CCCC2)C1.I. The second-order valence-electron chi connectivity index (χ2n) is 8.07. The van der Waals surface area contributed by atoms with E-state index in [-0.39, 0.29) is 24.0 Å². The van der Waals surface area contributed by atoms with Gasteiger partial charge in [0.15, 0.2) is 5.96 Å². The van der Waals surface area contributed by atoms with Crippen molar-refractivity contribution in [3.63, 3.8) is 0 Å². The molecule has 0 radical (unpaired) electrons. The molecule has 2 aliphatic heterocycles. The molecule has 3 fully saturated rings. The Hall–Kier alpha value is -0.120. The number of halogens is 1. The zero-order valence-electron chi connectivity index (χ0n) is 16.2. The molecule has 0 aromatic rings. The van der Waals surface area contributed by atoms with Gasteiger partial charge >= 0.3 is 0 Å². The van der Waals surface area contributed by atoms with Crippen LogP contribution >= 0.6 is 24.0 Å². The zero-order valence-corrected chi connectivity index (χ0v) is 18.5. The molecular formula is C19H37IN4O2. The zero-order chi connectivity index (χ0) is 17.5.